The zero-order valence-electron chi connectivity index (χ0n) is 25.5. The molecular weight excluding hydrogens is 621 g/mol. The van der Waals surface area contributed by atoms with Crippen molar-refractivity contribution in [3.63, 3.8) is 0 Å². The summed E-state index contributed by atoms with van der Waals surface area (Å²) < 4.78 is 12.8. The average Bonchev–Trinajstić information content (AvgIpc) is 3.87. The number of nitrogens with one attached hydrogen (secondary N) is 1. The van der Waals surface area contributed by atoms with Gasteiger partial charge in [0.15, 0.2) is 11.0 Å². The second kappa shape index (κ2) is 14.0. The van der Waals surface area contributed by atoms with E-state index in [4.69, 9.17) is 14.6 Å². The number of rotatable bonds is 11. The normalized spacial score (nSPS) is 14.2. The Morgan fingerprint density at radius 1 is 0.957 bits per heavy atom. The van der Waals surface area contributed by atoms with Gasteiger partial charge in [0.25, 0.3) is 11.8 Å². The molecule has 0 unspecified atom stereocenters. The lowest BCUT2D eigenvalue weighted by Gasteiger charge is -2.22. The molecule has 0 radical (unpaired) electrons. The van der Waals surface area contributed by atoms with Gasteiger partial charge in [0, 0.05) is 6.42 Å². The highest BCUT2D eigenvalue weighted by Crippen LogP contribution is 2.35. The van der Waals surface area contributed by atoms with Crippen LogP contribution in [0, 0.1) is 6.92 Å². The molecule has 1 aliphatic rings. The Balaban J connectivity index is 1.27. The van der Waals surface area contributed by atoms with E-state index in [2.05, 4.69) is 27.6 Å². The molecule has 0 bridgehead atoms. The van der Waals surface area contributed by atoms with Crippen molar-refractivity contribution in [2.45, 2.75) is 31.1 Å². The lowest BCUT2D eigenvalue weighted by molar-refractivity contribution is -0.130. The molecule has 1 atom stereocenters. The summed E-state index contributed by atoms with van der Waals surface area (Å²) in [6, 6.07) is 26.7. The number of aryl methyl sites for hydroxylation is 1. The summed E-state index contributed by atoms with van der Waals surface area (Å²) in [7, 11) is 3.22. The van der Waals surface area contributed by atoms with E-state index in [1.807, 2.05) is 83.6 Å². The van der Waals surface area contributed by atoms with Crippen LogP contribution >= 0.6 is 23.1 Å². The summed E-state index contributed by atoms with van der Waals surface area (Å²) in [5, 5.41) is 20.5. The minimum atomic E-state index is -0.249. The molecule has 12 heteroatoms. The van der Waals surface area contributed by atoms with Gasteiger partial charge in [-0.2, -0.15) is 5.10 Å². The molecule has 0 aliphatic carbocycles. The molecule has 3 aromatic carbocycles. The second-order valence-electron chi connectivity index (χ2n) is 10.5. The topological polar surface area (TPSA) is 111 Å². The first-order valence-corrected chi connectivity index (χ1v) is 16.4. The van der Waals surface area contributed by atoms with Crippen molar-refractivity contribution in [3.05, 3.63) is 118 Å². The first-order valence-electron chi connectivity index (χ1n) is 14.6. The number of carbonyl (C=O) groups excluding carboxylic acids is 2. The molecule has 2 aromatic heterocycles. The number of benzene rings is 3. The number of amides is 2. The van der Waals surface area contributed by atoms with Crippen LogP contribution in [0.15, 0.2) is 101 Å². The van der Waals surface area contributed by atoms with Gasteiger partial charge in [-0.15, -0.1) is 21.5 Å². The molecule has 5 aromatic rings. The number of methoxy groups -OCH3 is 2. The Bertz CT molecular complexity index is 1850. The van der Waals surface area contributed by atoms with Gasteiger partial charge in [-0.25, -0.2) is 5.01 Å². The van der Waals surface area contributed by atoms with Crippen LogP contribution in [0.3, 0.4) is 0 Å². The van der Waals surface area contributed by atoms with Gasteiger partial charge in [0.2, 0.25) is 0 Å². The lowest BCUT2D eigenvalue weighted by atomic mass is 9.97. The van der Waals surface area contributed by atoms with Crippen LogP contribution in [-0.4, -0.2) is 57.3 Å². The van der Waals surface area contributed by atoms with Crippen LogP contribution in [0.25, 0.3) is 5.69 Å². The third-order valence-corrected chi connectivity index (χ3v) is 9.34. The van der Waals surface area contributed by atoms with Gasteiger partial charge in [-0.3, -0.25) is 14.2 Å². The van der Waals surface area contributed by atoms with Gasteiger partial charge in [-0.05, 0) is 65.9 Å². The molecule has 2 amide bonds. The zero-order chi connectivity index (χ0) is 32.0. The van der Waals surface area contributed by atoms with E-state index in [0.29, 0.717) is 33.7 Å². The average molecular weight is 653 g/mol. The molecule has 0 saturated heterocycles. The number of ether oxygens (including phenoxy) is 2. The van der Waals surface area contributed by atoms with E-state index in [-0.39, 0.29) is 30.2 Å². The molecule has 234 valence electrons. The number of nitrogens with zero attached hydrogens (tertiary/aromatic N) is 5. The standard InChI is InChI=1S/C34H32N6O4S2/c1-22-10-12-24(13-11-22)28-19-26(23-14-16-25(43-2)17-15-23)38-40(28)32(41)21-46-34-37-36-31(20-35-33(42)30-9-6-18-45-30)39(34)27-7-4-5-8-29(27)44-3/h4-18,28H,19-21H2,1-3H3,(H,35,42)/t28-/m0/s1. The van der Waals surface area contributed by atoms with Crippen molar-refractivity contribution in [2.24, 2.45) is 5.10 Å². The van der Waals surface area contributed by atoms with Gasteiger partial charge in [-0.1, -0.05) is 59.8 Å². The van der Waals surface area contributed by atoms with E-state index in [1.54, 1.807) is 25.3 Å². The molecule has 1 N–H and O–H groups in total. The van der Waals surface area contributed by atoms with Gasteiger partial charge >= 0.3 is 0 Å². The minimum Gasteiger partial charge on any atom is -0.497 e. The fourth-order valence-corrected chi connectivity index (χ4v) is 6.61. The molecule has 6 rings (SSSR count). The Kier molecular flexibility index (Phi) is 9.46. The molecule has 46 heavy (non-hydrogen) atoms. The number of para-hydroxylation sites is 2. The Labute approximate surface area is 275 Å². The van der Waals surface area contributed by atoms with Crippen LogP contribution in [0.4, 0.5) is 0 Å². The van der Waals surface area contributed by atoms with Crippen LogP contribution in [-0.2, 0) is 11.3 Å². The quantitative estimate of drug-likeness (QED) is 0.173. The number of thiophene rings is 1. The predicted molar refractivity (Wildman–Crippen MR) is 179 cm³/mol. The fourth-order valence-electron chi connectivity index (χ4n) is 5.16. The van der Waals surface area contributed by atoms with E-state index in [1.165, 1.54) is 23.1 Å². The smallest absolute Gasteiger partial charge is 0.261 e. The van der Waals surface area contributed by atoms with Crippen molar-refractivity contribution in [1.82, 2.24) is 25.1 Å². The Morgan fingerprint density at radius 3 is 2.46 bits per heavy atom. The van der Waals surface area contributed by atoms with Gasteiger partial charge in [0.1, 0.15) is 11.5 Å². The van der Waals surface area contributed by atoms with Crippen molar-refractivity contribution in [3.8, 4) is 17.2 Å². The Morgan fingerprint density at radius 2 is 1.74 bits per heavy atom. The monoisotopic (exact) mass is 652 g/mol. The van der Waals surface area contributed by atoms with E-state index in [0.717, 1.165) is 28.2 Å². The first-order chi connectivity index (χ1) is 22.4. The van der Waals surface area contributed by atoms with Gasteiger partial charge < -0.3 is 14.8 Å². The number of thioether (sulfide) groups is 1. The number of hydrogen-bond acceptors (Lipinski definition) is 9. The van der Waals surface area contributed by atoms with Crippen molar-refractivity contribution in [1.29, 1.82) is 0 Å². The van der Waals surface area contributed by atoms with Crippen molar-refractivity contribution >= 4 is 40.6 Å². The summed E-state index contributed by atoms with van der Waals surface area (Å²) in [6.45, 7) is 2.17. The molecule has 0 spiro atoms. The van der Waals surface area contributed by atoms with Crippen LogP contribution in [0.1, 0.15) is 44.6 Å². The summed E-state index contributed by atoms with van der Waals surface area (Å²) in [4.78, 5) is 27.2. The molecule has 1 aliphatic heterocycles. The molecule has 3 heterocycles. The van der Waals surface area contributed by atoms with Gasteiger partial charge in [0.05, 0.1) is 48.8 Å². The Hall–Kier alpha value is -4.94. The number of hydrazone groups is 1. The summed E-state index contributed by atoms with van der Waals surface area (Å²) in [6.07, 6.45) is 0.581. The predicted octanol–water partition coefficient (Wildman–Crippen LogP) is 6.05. The maximum atomic E-state index is 13.9. The van der Waals surface area contributed by atoms with Crippen LogP contribution in [0.2, 0.25) is 0 Å². The molecule has 0 fully saturated rings. The number of aromatic nitrogens is 3. The minimum absolute atomic E-state index is 0.0661. The third-order valence-electron chi connectivity index (χ3n) is 7.55. The number of carbonyl (C=O) groups is 2. The highest BCUT2D eigenvalue weighted by molar-refractivity contribution is 7.99. The van der Waals surface area contributed by atoms with Crippen LogP contribution < -0.4 is 14.8 Å². The fraction of sp³-hybridized carbons (Fsp3) is 0.206. The highest BCUT2D eigenvalue weighted by atomic mass is 32.2. The van der Waals surface area contributed by atoms with Crippen molar-refractivity contribution < 1.29 is 19.1 Å². The maximum absolute atomic E-state index is 13.9. The maximum Gasteiger partial charge on any atom is 0.261 e. The largest absolute Gasteiger partial charge is 0.497 e. The van der Waals surface area contributed by atoms with Crippen molar-refractivity contribution in [2.75, 3.05) is 20.0 Å². The van der Waals surface area contributed by atoms with E-state index in [9.17, 15) is 9.59 Å². The zero-order valence-corrected chi connectivity index (χ0v) is 27.2. The summed E-state index contributed by atoms with van der Waals surface area (Å²) in [5.41, 5.74) is 4.61. The SMILES string of the molecule is COc1ccc(C2=NN(C(=O)CSc3nnc(CNC(=O)c4cccs4)n3-c3ccccc3OC)[C@H](c3ccc(C)cc3)C2)cc1. The molecule has 10 nitrogen and oxygen atoms in total. The first kappa shape index (κ1) is 31.1. The third kappa shape index (κ3) is 6.68. The summed E-state index contributed by atoms with van der Waals surface area (Å²) in [5.74, 6) is 1.57. The lowest BCUT2D eigenvalue weighted by Crippen LogP contribution is -2.28. The van der Waals surface area contributed by atoms with E-state index >= 15 is 0 Å². The molecule has 0 saturated carbocycles. The summed E-state index contributed by atoms with van der Waals surface area (Å²) >= 11 is 2.62. The second-order valence-corrected chi connectivity index (χ2v) is 12.4. The van der Waals surface area contributed by atoms with Crippen LogP contribution in [0.5, 0.6) is 11.5 Å². The molecular formula is C34H32N6O4S2. The number of hydrogen-bond donors (Lipinski definition) is 1. The highest BCUT2D eigenvalue weighted by Gasteiger charge is 2.33. The van der Waals surface area contributed by atoms with E-state index < -0.39 is 0 Å².